The van der Waals surface area contributed by atoms with Crippen molar-refractivity contribution in [2.45, 2.75) is 26.2 Å². The van der Waals surface area contributed by atoms with E-state index in [1.807, 2.05) is 0 Å². The van der Waals surface area contributed by atoms with Crippen LogP contribution in [0.4, 0.5) is 11.8 Å². The van der Waals surface area contributed by atoms with E-state index in [2.05, 4.69) is 56.6 Å². The molecule has 2 aromatic rings. The van der Waals surface area contributed by atoms with Crippen LogP contribution < -0.4 is 9.80 Å². The molecule has 3 heterocycles. The summed E-state index contributed by atoms with van der Waals surface area (Å²) in [5.74, 6) is 1.72. The molecule has 0 amide bonds. The predicted octanol–water partition coefficient (Wildman–Crippen LogP) is 2.54. The van der Waals surface area contributed by atoms with E-state index in [-0.39, 0.29) is 5.41 Å². The van der Waals surface area contributed by atoms with E-state index in [4.69, 9.17) is 11.6 Å². The number of halogens is 1. The Kier molecular flexibility index (Phi) is 4.35. The minimum atomic E-state index is 0.0245. The maximum atomic E-state index is 5.84. The molecule has 6 nitrogen and oxygen atoms in total. The highest BCUT2D eigenvalue weighted by atomic mass is 35.5. The van der Waals surface area contributed by atoms with Crippen molar-refractivity contribution in [3.05, 3.63) is 35.5 Å². The van der Waals surface area contributed by atoms with Crippen molar-refractivity contribution in [2.75, 3.05) is 36.0 Å². The maximum absolute atomic E-state index is 5.84. The molecule has 1 aliphatic rings. The molecule has 0 radical (unpaired) electrons. The minimum Gasteiger partial charge on any atom is -0.353 e. The Balaban J connectivity index is 1.68. The lowest BCUT2D eigenvalue weighted by atomic mass is 9.92. The van der Waals surface area contributed by atoms with Gasteiger partial charge in [0, 0.05) is 37.7 Å². The fourth-order valence-corrected chi connectivity index (χ4v) is 2.63. The van der Waals surface area contributed by atoms with Crippen LogP contribution in [0, 0.1) is 0 Å². The highest BCUT2D eigenvalue weighted by Gasteiger charge is 2.22. The SMILES string of the molecule is CC(C)(C)c1cc(N2CCN(c3ncc(Cl)cn3)CC2)ncn1. The normalized spacial score (nSPS) is 15.8. The molecule has 0 N–H and O–H groups in total. The first-order valence-electron chi connectivity index (χ1n) is 7.73. The molecule has 1 fully saturated rings. The third-order valence-corrected chi connectivity index (χ3v) is 4.11. The van der Waals surface area contributed by atoms with Crippen molar-refractivity contribution < 1.29 is 0 Å². The van der Waals surface area contributed by atoms with Crippen molar-refractivity contribution in [1.29, 1.82) is 0 Å². The molecule has 0 atom stereocenters. The Morgan fingerprint density at radius 3 is 2.13 bits per heavy atom. The second-order valence-electron chi connectivity index (χ2n) is 6.69. The molecule has 1 saturated heterocycles. The highest BCUT2D eigenvalue weighted by Crippen LogP contribution is 2.23. The summed E-state index contributed by atoms with van der Waals surface area (Å²) in [6, 6.07) is 2.09. The van der Waals surface area contributed by atoms with Crippen LogP contribution in [0.2, 0.25) is 5.02 Å². The van der Waals surface area contributed by atoms with Crippen LogP contribution >= 0.6 is 11.6 Å². The summed E-state index contributed by atoms with van der Waals surface area (Å²) in [5.41, 5.74) is 1.09. The number of aromatic nitrogens is 4. The van der Waals surface area contributed by atoms with Crippen LogP contribution in [-0.4, -0.2) is 46.1 Å². The smallest absolute Gasteiger partial charge is 0.225 e. The average molecular weight is 333 g/mol. The zero-order valence-electron chi connectivity index (χ0n) is 13.7. The van der Waals surface area contributed by atoms with Crippen LogP contribution in [0.25, 0.3) is 0 Å². The Morgan fingerprint density at radius 2 is 1.52 bits per heavy atom. The molecule has 3 rings (SSSR count). The van der Waals surface area contributed by atoms with Gasteiger partial charge in [0.2, 0.25) is 5.95 Å². The third-order valence-electron chi connectivity index (χ3n) is 3.91. The number of hydrogen-bond acceptors (Lipinski definition) is 6. The molecule has 1 aliphatic heterocycles. The summed E-state index contributed by atoms with van der Waals surface area (Å²) in [6.45, 7) is 9.96. The summed E-state index contributed by atoms with van der Waals surface area (Å²) in [4.78, 5) is 21.8. The van der Waals surface area contributed by atoms with E-state index in [0.29, 0.717) is 5.02 Å². The molecule has 0 spiro atoms. The van der Waals surface area contributed by atoms with Gasteiger partial charge >= 0.3 is 0 Å². The van der Waals surface area contributed by atoms with E-state index in [1.165, 1.54) is 0 Å². The van der Waals surface area contributed by atoms with E-state index < -0.39 is 0 Å². The van der Waals surface area contributed by atoms with Crippen molar-refractivity contribution in [2.24, 2.45) is 0 Å². The van der Waals surface area contributed by atoms with Gasteiger partial charge in [0.15, 0.2) is 0 Å². The van der Waals surface area contributed by atoms with E-state index in [9.17, 15) is 0 Å². The molecule has 0 aliphatic carbocycles. The fourth-order valence-electron chi connectivity index (χ4n) is 2.53. The monoisotopic (exact) mass is 332 g/mol. The number of hydrogen-bond donors (Lipinski definition) is 0. The number of anilines is 2. The molecule has 7 heteroatoms. The second kappa shape index (κ2) is 6.28. The summed E-state index contributed by atoms with van der Waals surface area (Å²) < 4.78 is 0. The lowest BCUT2D eigenvalue weighted by molar-refractivity contribution is 0.564. The first kappa shape index (κ1) is 15.9. The highest BCUT2D eigenvalue weighted by molar-refractivity contribution is 6.30. The van der Waals surface area contributed by atoms with Crippen molar-refractivity contribution >= 4 is 23.4 Å². The fraction of sp³-hybridized carbons (Fsp3) is 0.500. The predicted molar refractivity (Wildman–Crippen MR) is 92.2 cm³/mol. The van der Waals surface area contributed by atoms with Gasteiger partial charge < -0.3 is 9.80 Å². The van der Waals surface area contributed by atoms with Gasteiger partial charge in [-0.15, -0.1) is 0 Å². The Labute approximate surface area is 141 Å². The maximum Gasteiger partial charge on any atom is 0.225 e. The lowest BCUT2D eigenvalue weighted by Crippen LogP contribution is -2.47. The first-order chi connectivity index (χ1) is 10.9. The van der Waals surface area contributed by atoms with Gasteiger partial charge in [-0.3, -0.25) is 0 Å². The summed E-state index contributed by atoms with van der Waals surface area (Å²) in [6.07, 6.45) is 4.93. The van der Waals surface area contributed by atoms with Crippen LogP contribution in [-0.2, 0) is 5.41 Å². The molecule has 122 valence electrons. The molecule has 0 saturated carbocycles. The van der Waals surface area contributed by atoms with Gasteiger partial charge in [0.05, 0.1) is 23.1 Å². The summed E-state index contributed by atoms with van der Waals surface area (Å²) in [7, 11) is 0. The summed E-state index contributed by atoms with van der Waals surface area (Å²) in [5, 5.41) is 0.558. The number of rotatable bonds is 2. The van der Waals surface area contributed by atoms with Gasteiger partial charge in [-0.2, -0.15) is 0 Å². The molecule has 2 aromatic heterocycles. The van der Waals surface area contributed by atoms with Crippen molar-refractivity contribution in [3.63, 3.8) is 0 Å². The van der Waals surface area contributed by atoms with Crippen LogP contribution in [0.15, 0.2) is 24.8 Å². The van der Waals surface area contributed by atoms with Gasteiger partial charge in [0.25, 0.3) is 0 Å². The molecule has 0 aromatic carbocycles. The average Bonchev–Trinajstić information content (AvgIpc) is 2.55. The van der Waals surface area contributed by atoms with Gasteiger partial charge in [0.1, 0.15) is 12.1 Å². The Hall–Kier alpha value is -1.95. The van der Waals surface area contributed by atoms with Crippen molar-refractivity contribution in [1.82, 2.24) is 19.9 Å². The molecular formula is C16H21ClN6. The van der Waals surface area contributed by atoms with E-state index in [1.54, 1.807) is 18.7 Å². The minimum absolute atomic E-state index is 0.0245. The molecular weight excluding hydrogens is 312 g/mol. The zero-order chi connectivity index (χ0) is 16.4. The standard InChI is InChI=1S/C16H21ClN6/c1-16(2,3)13-8-14(21-11-20-13)22-4-6-23(7-5-22)15-18-9-12(17)10-19-15/h8-11H,4-7H2,1-3H3. The molecule has 23 heavy (non-hydrogen) atoms. The largest absolute Gasteiger partial charge is 0.353 e. The number of nitrogens with zero attached hydrogens (tertiary/aromatic N) is 6. The molecule has 0 bridgehead atoms. The van der Waals surface area contributed by atoms with Gasteiger partial charge in [-0.25, -0.2) is 19.9 Å². The Morgan fingerprint density at radius 1 is 0.913 bits per heavy atom. The Bertz CT molecular complexity index is 659. The lowest BCUT2D eigenvalue weighted by Gasteiger charge is -2.35. The van der Waals surface area contributed by atoms with Crippen LogP contribution in [0.3, 0.4) is 0 Å². The zero-order valence-corrected chi connectivity index (χ0v) is 14.5. The quantitative estimate of drug-likeness (QED) is 0.842. The van der Waals surface area contributed by atoms with Crippen LogP contribution in [0.5, 0.6) is 0 Å². The van der Waals surface area contributed by atoms with E-state index >= 15 is 0 Å². The van der Waals surface area contributed by atoms with E-state index in [0.717, 1.165) is 43.6 Å². The van der Waals surface area contributed by atoms with Crippen LogP contribution in [0.1, 0.15) is 26.5 Å². The van der Waals surface area contributed by atoms with Crippen molar-refractivity contribution in [3.8, 4) is 0 Å². The first-order valence-corrected chi connectivity index (χ1v) is 8.11. The molecule has 0 unspecified atom stereocenters. The van der Waals surface area contributed by atoms with Gasteiger partial charge in [-0.1, -0.05) is 32.4 Å². The third kappa shape index (κ3) is 3.69. The second-order valence-corrected chi connectivity index (χ2v) is 7.12. The van der Waals surface area contributed by atoms with Gasteiger partial charge in [-0.05, 0) is 0 Å². The number of piperazine rings is 1. The summed E-state index contributed by atoms with van der Waals surface area (Å²) >= 11 is 5.84. The topological polar surface area (TPSA) is 58.0 Å².